The first kappa shape index (κ1) is 29.5. The van der Waals surface area contributed by atoms with Gasteiger partial charge in [-0.15, -0.1) is 0 Å². The normalized spacial score (nSPS) is 20.5. The summed E-state index contributed by atoms with van der Waals surface area (Å²) in [5.41, 5.74) is 1.51. The second-order valence-electron chi connectivity index (χ2n) is 11.6. The second-order valence-corrected chi connectivity index (χ2v) is 11.6. The quantitative estimate of drug-likeness (QED) is 0.370. The van der Waals surface area contributed by atoms with Gasteiger partial charge in [0.15, 0.2) is 5.82 Å². The molecule has 0 amide bonds. The lowest BCUT2D eigenvalue weighted by Gasteiger charge is -2.49. The molecule has 230 valence electrons. The van der Waals surface area contributed by atoms with Gasteiger partial charge in [-0.05, 0) is 44.6 Å². The number of nitrogens with one attached hydrogen (secondary N) is 1. The number of hydrogen-bond acceptors (Lipinski definition) is 9. The summed E-state index contributed by atoms with van der Waals surface area (Å²) < 4.78 is 47.9. The number of benzene rings is 2. The van der Waals surface area contributed by atoms with Crippen LogP contribution in [0, 0.1) is 0 Å². The van der Waals surface area contributed by atoms with Gasteiger partial charge in [-0.2, -0.15) is 18.2 Å². The van der Waals surface area contributed by atoms with Gasteiger partial charge in [-0.25, -0.2) is 10.0 Å². The van der Waals surface area contributed by atoms with Crippen LogP contribution in [0.1, 0.15) is 36.4 Å². The number of likely N-dealkylation sites (N-methyl/N-ethyl adjacent to an activating group) is 1. The van der Waals surface area contributed by atoms with E-state index < -0.39 is 17.8 Å². The summed E-state index contributed by atoms with van der Waals surface area (Å²) in [5, 5.41) is 4.34. The molecule has 3 fully saturated rings. The largest absolute Gasteiger partial charge is 0.495 e. The lowest BCUT2D eigenvalue weighted by molar-refractivity contribution is -0.138. The highest BCUT2D eigenvalue weighted by molar-refractivity contribution is 5.68. The van der Waals surface area contributed by atoms with Crippen molar-refractivity contribution in [3.8, 4) is 5.75 Å². The lowest BCUT2D eigenvalue weighted by atomic mass is 9.96. The van der Waals surface area contributed by atoms with E-state index in [1.165, 1.54) is 5.06 Å². The fraction of sp³-hybridized carbons (Fsp3) is 0.484. The average molecular weight is 598 g/mol. The number of methoxy groups -OCH3 is 1. The van der Waals surface area contributed by atoms with Crippen molar-refractivity contribution >= 4 is 23.1 Å². The number of likely N-dealkylation sites (tertiary alicyclic amines) is 1. The van der Waals surface area contributed by atoms with E-state index in [-0.39, 0.29) is 18.4 Å². The Hall–Kier alpha value is -3.61. The van der Waals surface area contributed by atoms with Gasteiger partial charge in [0.05, 0.1) is 25.4 Å². The molecule has 3 aliphatic heterocycles. The molecule has 3 saturated heterocycles. The van der Waals surface area contributed by atoms with Crippen molar-refractivity contribution in [3.63, 3.8) is 0 Å². The molecule has 9 nitrogen and oxygen atoms in total. The minimum atomic E-state index is -4.65. The number of rotatable bonds is 8. The van der Waals surface area contributed by atoms with E-state index in [4.69, 9.17) is 9.57 Å². The Morgan fingerprint density at radius 3 is 2.44 bits per heavy atom. The van der Waals surface area contributed by atoms with Crippen LogP contribution in [0.15, 0.2) is 54.7 Å². The summed E-state index contributed by atoms with van der Waals surface area (Å²) in [6.07, 6.45) is -1.12. The number of nitrogens with zero attached hydrogens (tertiary/aromatic N) is 6. The standard InChI is InChI=1S/C31H38F3N7O2/c1-38(2)24-19-40(20-24)23-11-14-39(15-12-23)27-10-9-22(17-28(27)42-3)36-30-35-18-25(31(32,33)34)29(37-30)41-26(13-16-43-41)21-7-5-4-6-8-21/h4-10,17-18,23-24,26H,11-16,19-20H2,1-3H3,(H,35,36,37). The van der Waals surface area contributed by atoms with Crippen molar-refractivity contribution in [3.05, 3.63) is 65.9 Å². The molecule has 1 aromatic heterocycles. The molecule has 0 spiro atoms. The van der Waals surface area contributed by atoms with E-state index in [1.54, 1.807) is 7.11 Å². The zero-order chi connectivity index (χ0) is 30.1. The molecule has 0 bridgehead atoms. The predicted molar refractivity (Wildman–Crippen MR) is 160 cm³/mol. The fourth-order valence-electron chi connectivity index (χ4n) is 6.19. The summed E-state index contributed by atoms with van der Waals surface area (Å²) in [5.74, 6) is 0.396. The highest BCUT2D eigenvalue weighted by Crippen LogP contribution is 2.42. The molecule has 3 aliphatic rings. The third kappa shape index (κ3) is 6.22. The van der Waals surface area contributed by atoms with E-state index >= 15 is 0 Å². The molecule has 6 rings (SSSR count). The Morgan fingerprint density at radius 1 is 1.02 bits per heavy atom. The number of aromatic nitrogens is 2. The SMILES string of the molecule is COc1cc(Nc2ncc(C(F)(F)F)c(N3OCCC3c3ccccc3)n2)ccc1N1CCC(N2CC(N(C)C)C2)CC1. The highest BCUT2D eigenvalue weighted by Gasteiger charge is 2.41. The van der Waals surface area contributed by atoms with Gasteiger partial charge in [0, 0.05) is 62.6 Å². The smallest absolute Gasteiger partial charge is 0.421 e. The maximum Gasteiger partial charge on any atom is 0.421 e. The molecular weight excluding hydrogens is 559 g/mol. The molecule has 2 aromatic carbocycles. The van der Waals surface area contributed by atoms with Gasteiger partial charge in [-0.3, -0.25) is 9.74 Å². The highest BCUT2D eigenvalue weighted by atomic mass is 19.4. The molecule has 43 heavy (non-hydrogen) atoms. The van der Waals surface area contributed by atoms with Gasteiger partial charge in [0.1, 0.15) is 11.3 Å². The van der Waals surface area contributed by atoms with E-state index in [9.17, 15) is 13.2 Å². The van der Waals surface area contributed by atoms with E-state index in [2.05, 4.69) is 44.1 Å². The van der Waals surface area contributed by atoms with Gasteiger partial charge >= 0.3 is 6.18 Å². The third-order valence-corrected chi connectivity index (χ3v) is 8.75. The number of hydrogen-bond donors (Lipinski definition) is 1. The van der Waals surface area contributed by atoms with Crippen molar-refractivity contribution in [1.29, 1.82) is 0 Å². The summed E-state index contributed by atoms with van der Waals surface area (Å²) in [6, 6.07) is 15.9. The van der Waals surface area contributed by atoms with Gasteiger partial charge in [0.25, 0.3) is 0 Å². The van der Waals surface area contributed by atoms with Crippen LogP contribution < -0.4 is 20.0 Å². The van der Waals surface area contributed by atoms with Crippen molar-refractivity contribution < 1.29 is 22.7 Å². The number of piperidine rings is 1. The van der Waals surface area contributed by atoms with Crippen molar-refractivity contribution in [2.24, 2.45) is 0 Å². The Morgan fingerprint density at radius 2 is 1.77 bits per heavy atom. The Bertz CT molecular complexity index is 1390. The van der Waals surface area contributed by atoms with E-state index in [0.717, 1.165) is 56.5 Å². The minimum Gasteiger partial charge on any atom is -0.495 e. The molecule has 12 heteroatoms. The average Bonchev–Trinajstić information content (AvgIpc) is 3.47. The lowest BCUT2D eigenvalue weighted by Crippen LogP contribution is -2.62. The van der Waals surface area contributed by atoms with Crippen LogP contribution in [0.3, 0.4) is 0 Å². The Labute approximate surface area is 250 Å². The molecule has 1 unspecified atom stereocenters. The Balaban J connectivity index is 1.18. The van der Waals surface area contributed by atoms with Crippen molar-refractivity contribution in [2.45, 2.75) is 43.6 Å². The maximum absolute atomic E-state index is 14.0. The van der Waals surface area contributed by atoms with Gasteiger partial charge in [-0.1, -0.05) is 30.3 Å². The maximum atomic E-state index is 14.0. The topological polar surface area (TPSA) is 69.2 Å². The summed E-state index contributed by atoms with van der Waals surface area (Å²) in [4.78, 5) is 21.2. The second kappa shape index (κ2) is 12.2. The van der Waals surface area contributed by atoms with Crippen LogP contribution in [-0.2, 0) is 11.0 Å². The zero-order valence-electron chi connectivity index (χ0n) is 24.7. The van der Waals surface area contributed by atoms with Crippen molar-refractivity contribution in [1.82, 2.24) is 19.8 Å². The monoisotopic (exact) mass is 597 g/mol. The van der Waals surface area contributed by atoms with Crippen LogP contribution in [0.5, 0.6) is 5.75 Å². The number of alkyl halides is 3. The zero-order valence-corrected chi connectivity index (χ0v) is 24.7. The van der Waals surface area contributed by atoms with Crippen LogP contribution in [0.2, 0.25) is 0 Å². The summed E-state index contributed by atoms with van der Waals surface area (Å²) in [6.45, 7) is 4.41. The molecule has 1 atom stereocenters. The molecule has 0 saturated carbocycles. The fourth-order valence-corrected chi connectivity index (χ4v) is 6.19. The number of halogens is 3. The van der Waals surface area contributed by atoms with Crippen LogP contribution >= 0.6 is 0 Å². The first-order valence-corrected chi connectivity index (χ1v) is 14.7. The molecular formula is C31H38F3N7O2. The predicted octanol–water partition coefficient (Wildman–Crippen LogP) is 5.35. The van der Waals surface area contributed by atoms with Gasteiger partial charge in [0.2, 0.25) is 5.95 Å². The first-order chi connectivity index (χ1) is 20.7. The van der Waals surface area contributed by atoms with Crippen LogP contribution in [0.25, 0.3) is 0 Å². The van der Waals surface area contributed by atoms with Gasteiger partial charge < -0.3 is 19.9 Å². The van der Waals surface area contributed by atoms with Crippen molar-refractivity contribution in [2.75, 3.05) is 69.3 Å². The summed E-state index contributed by atoms with van der Waals surface area (Å²) >= 11 is 0. The van der Waals surface area contributed by atoms with Crippen LogP contribution in [-0.4, -0.2) is 85.8 Å². The number of ether oxygens (including phenoxy) is 1. The molecule has 0 radical (unpaired) electrons. The minimum absolute atomic E-state index is 0.0338. The first-order valence-electron chi connectivity index (χ1n) is 14.7. The number of anilines is 4. The van der Waals surface area contributed by atoms with E-state index in [0.29, 0.717) is 29.9 Å². The Kier molecular flexibility index (Phi) is 8.34. The molecule has 3 aromatic rings. The van der Waals surface area contributed by atoms with E-state index in [1.807, 2.05) is 48.5 Å². The molecule has 4 heterocycles. The molecule has 1 N–H and O–H groups in total. The molecule has 0 aliphatic carbocycles. The van der Waals surface area contributed by atoms with Crippen LogP contribution in [0.4, 0.5) is 36.3 Å². The third-order valence-electron chi connectivity index (χ3n) is 8.75. The number of hydroxylamine groups is 1. The summed E-state index contributed by atoms with van der Waals surface area (Å²) in [7, 11) is 5.90.